The second kappa shape index (κ2) is 11.1. The largest absolute Gasteiger partial charge is 0.508 e. The van der Waals surface area contributed by atoms with E-state index >= 15 is 0 Å². The van der Waals surface area contributed by atoms with E-state index < -0.39 is 5.97 Å². The molecule has 6 rings (SSSR count). The summed E-state index contributed by atoms with van der Waals surface area (Å²) in [6, 6.07) is 26.1. The fraction of sp³-hybridized carbons (Fsp3) is 0.441. The molecule has 5 heteroatoms. The van der Waals surface area contributed by atoms with Crippen LogP contribution in [0.3, 0.4) is 0 Å². The summed E-state index contributed by atoms with van der Waals surface area (Å²) in [5.74, 6) is 0.327. The normalized spacial score (nSPS) is 23.2. The van der Waals surface area contributed by atoms with Crippen LogP contribution in [0.2, 0.25) is 0 Å². The molecule has 1 aliphatic carbocycles. The maximum atomic E-state index is 11.1. The Bertz CT molecular complexity index is 1280. The molecule has 2 fully saturated rings. The van der Waals surface area contributed by atoms with Crippen molar-refractivity contribution < 1.29 is 15.0 Å². The van der Waals surface area contributed by atoms with Crippen LogP contribution in [0.4, 0.5) is 5.69 Å². The molecule has 2 aliphatic heterocycles. The average Bonchev–Trinajstić information content (AvgIpc) is 3.36. The fourth-order valence-electron chi connectivity index (χ4n) is 7.68. The number of aliphatic carboxylic acids is 1. The molecule has 1 spiro atoms. The molecule has 5 nitrogen and oxygen atoms in total. The summed E-state index contributed by atoms with van der Waals surface area (Å²) in [6.07, 6.45) is 7.82. The van der Waals surface area contributed by atoms with E-state index in [0.29, 0.717) is 17.1 Å². The molecule has 0 amide bonds. The van der Waals surface area contributed by atoms with Gasteiger partial charge in [-0.05, 0) is 116 Å². The lowest BCUT2D eigenvalue weighted by atomic mass is 9.69. The quantitative estimate of drug-likeness (QED) is 0.404. The van der Waals surface area contributed by atoms with Gasteiger partial charge in [-0.15, -0.1) is 0 Å². The average molecular weight is 525 g/mol. The van der Waals surface area contributed by atoms with Crippen LogP contribution in [0.15, 0.2) is 72.8 Å². The number of rotatable bonds is 5. The van der Waals surface area contributed by atoms with Crippen molar-refractivity contribution in [2.45, 2.75) is 56.8 Å². The molecular weight excluding hydrogens is 484 g/mol. The zero-order chi connectivity index (χ0) is 26.8. The van der Waals surface area contributed by atoms with Crippen molar-refractivity contribution >= 4 is 11.7 Å². The molecule has 0 aromatic heterocycles. The number of hydrogen-bond acceptors (Lipinski definition) is 4. The SMILES string of the molecule is O=C(O)CN1CCCC2(CCC1)CCN(c1ccc([C@@H]3c4ccc(O)cc4CC[C@@H]3c3ccccc3)cc1)C2. The van der Waals surface area contributed by atoms with Gasteiger partial charge >= 0.3 is 5.97 Å². The molecule has 0 radical (unpaired) electrons. The number of phenols is 1. The van der Waals surface area contributed by atoms with Crippen LogP contribution in [0.25, 0.3) is 0 Å². The lowest BCUT2D eigenvalue weighted by molar-refractivity contribution is -0.138. The van der Waals surface area contributed by atoms with Crippen LogP contribution in [0.1, 0.15) is 72.6 Å². The van der Waals surface area contributed by atoms with E-state index in [4.69, 9.17) is 5.11 Å². The standard InChI is InChI=1S/C34H40N2O3/c37-29-13-15-31-27(22-29)10-14-30(25-6-2-1-3-7-25)33(31)26-8-11-28(12-9-26)36-21-18-34(24-36)16-4-19-35(20-5-17-34)23-32(38)39/h1-3,6-9,11-13,15,22,30,33,37H,4-5,10,14,16-21,23-24H2,(H,38,39)/t30-,33+/m1/s1. The molecule has 0 bridgehead atoms. The van der Waals surface area contributed by atoms with E-state index in [2.05, 4.69) is 70.5 Å². The highest BCUT2D eigenvalue weighted by Crippen LogP contribution is 2.48. The van der Waals surface area contributed by atoms with Gasteiger partial charge in [0.25, 0.3) is 0 Å². The van der Waals surface area contributed by atoms with Crippen LogP contribution in [0, 0.1) is 5.41 Å². The highest BCUT2D eigenvalue weighted by atomic mass is 16.4. The Morgan fingerprint density at radius 3 is 2.33 bits per heavy atom. The summed E-state index contributed by atoms with van der Waals surface area (Å²) in [7, 11) is 0. The lowest BCUT2D eigenvalue weighted by Crippen LogP contribution is -2.36. The number of carbonyl (C=O) groups is 1. The first-order valence-corrected chi connectivity index (χ1v) is 14.7. The molecule has 0 saturated carbocycles. The van der Waals surface area contributed by atoms with Gasteiger partial charge in [0.05, 0.1) is 6.54 Å². The molecule has 3 aromatic carbocycles. The number of nitrogens with zero attached hydrogens (tertiary/aromatic N) is 2. The summed E-state index contributed by atoms with van der Waals surface area (Å²) in [5.41, 5.74) is 7.01. The van der Waals surface area contributed by atoms with Crippen LogP contribution >= 0.6 is 0 Å². The highest BCUT2D eigenvalue weighted by Gasteiger charge is 2.38. The molecular formula is C34H40N2O3. The van der Waals surface area contributed by atoms with Gasteiger partial charge in [-0.25, -0.2) is 0 Å². The Morgan fingerprint density at radius 2 is 1.62 bits per heavy atom. The monoisotopic (exact) mass is 524 g/mol. The Labute approximate surface area is 232 Å². The number of phenolic OH excluding ortho intramolecular Hbond substituents is 1. The number of hydrogen-bond donors (Lipinski definition) is 2. The predicted octanol–water partition coefficient (Wildman–Crippen LogP) is 6.41. The number of likely N-dealkylation sites (tertiary alicyclic amines) is 1. The van der Waals surface area contributed by atoms with Gasteiger partial charge in [-0.3, -0.25) is 9.69 Å². The lowest BCUT2D eigenvalue weighted by Gasteiger charge is -2.35. The van der Waals surface area contributed by atoms with Crippen molar-refractivity contribution in [1.29, 1.82) is 0 Å². The third kappa shape index (κ3) is 5.56. The number of aromatic hydroxyl groups is 1. The van der Waals surface area contributed by atoms with E-state index in [9.17, 15) is 9.90 Å². The number of benzene rings is 3. The van der Waals surface area contributed by atoms with E-state index in [1.807, 2.05) is 12.1 Å². The van der Waals surface area contributed by atoms with Crippen molar-refractivity contribution in [3.05, 3.63) is 95.1 Å². The number of carboxylic acids is 1. The third-order valence-corrected chi connectivity index (χ3v) is 9.59. The van der Waals surface area contributed by atoms with Gasteiger partial charge in [0.15, 0.2) is 0 Å². The first-order chi connectivity index (χ1) is 19.0. The molecule has 2 heterocycles. The zero-order valence-corrected chi connectivity index (χ0v) is 22.8. The zero-order valence-electron chi connectivity index (χ0n) is 22.8. The summed E-state index contributed by atoms with van der Waals surface area (Å²) >= 11 is 0. The van der Waals surface area contributed by atoms with Crippen molar-refractivity contribution in [2.75, 3.05) is 37.6 Å². The van der Waals surface area contributed by atoms with Crippen LogP contribution in [-0.2, 0) is 11.2 Å². The van der Waals surface area contributed by atoms with Crippen molar-refractivity contribution in [3.63, 3.8) is 0 Å². The van der Waals surface area contributed by atoms with E-state index in [1.165, 1.54) is 47.2 Å². The van der Waals surface area contributed by atoms with E-state index in [-0.39, 0.29) is 12.5 Å². The van der Waals surface area contributed by atoms with E-state index in [1.54, 1.807) is 0 Å². The van der Waals surface area contributed by atoms with Crippen LogP contribution < -0.4 is 4.90 Å². The number of anilines is 1. The second-order valence-electron chi connectivity index (χ2n) is 12.1. The van der Waals surface area contributed by atoms with Crippen LogP contribution in [0.5, 0.6) is 5.75 Å². The summed E-state index contributed by atoms with van der Waals surface area (Å²) < 4.78 is 0. The van der Waals surface area contributed by atoms with Crippen molar-refractivity contribution in [2.24, 2.45) is 5.41 Å². The topological polar surface area (TPSA) is 64.0 Å². The molecule has 204 valence electrons. The maximum Gasteiger partial charge on any atom is 0.317 e. The third-order valence-electron chi connectivity index (χ3n) is 9.59. The van der Waals surface area contributed by atoms with Crippen molar-refractivity contribution in [3.8, 4) is 5.75 Å². The predicted molar refractivity (Wildman–Crippen MR) is 156 cm³/mol. The van der Waals surface area contributed by atoms with Crippen LogP contribution in [-0.4, -0.2) is 53.8 Å². The summed E-state index contributed by atoms with van der Waals surface area (Å²) in [5, 5.41) is 19.3. The Kier molecular flexibility index (Phi) is 7.35. The van der Waals surface area contributed by atoms with Gasteiger partial charge in [0.2, 0.25) is 0 Å². The van der Waals surface area contributed by atoms with Crippen molar-refractivity contribution in [1.82, 2.24) is 4.90 Å². The number of fused-ring (bicyclic) bond motifs is 1. The molecule has 2 atom stereocenters. The summed E-state index contributed by atoms with van der Waals surface area (Å²) in [6.45, 7) is 4.15. The minimum absolute atomic E-state index is 0.170. The second-order valence-corrected chi connectivity index (χ2v) is 12.1. The van der Waals surface area contributed by atoms with Gasteiger partial charge in [0, 0.05) is 24.7 Å². The molecule has 2 saturated heterocycles. The van der Waals surface area contributed by atoms with Gasteiger partial charge in [-0.2, -0.15) is 0 Å². The Balaban J connectivity index is 1.20. The van der Waals surface area contributed by atoms with Gasteiger partial charge < -0.3 is 15.1 Å². The highest BCUT2D eigenvalue weighted by molar-refractivity contribution is 5.69. The molecule has 39 heavy (non-hydrogen) atoms. The first kappa shape index (κ1) is 25.9. The first-order valence-electron chi connectivity index (χ1n) is 14.7. The molecule has 3 aromatic rings. The fourth-order valence-corrected chi connectivity index (χ4v) is 7.68. The van der Waals surface area contributed by atoms with Gasteiger partial charge in [0.1, 0.15) is 5.75 Å². The maximum absolute atomic E-state index is 11.1. The summed E-state index contributed by atoms with van der Waals surface area (Å²) in [4.78, 5) is 15.8. The Hall–Kier alpha value is -3.31. The smallest absolute Gasteiger partial charge is 0.317 e. The Morgan fingerprint density at radius 1 is 0.872 bits per heavy atom. The molecule has 0 unspecified atom stereocenters. The number of carboxylic acid groups (broad SMARTS) is 1. The van der Waals surface area contributed by atoms with E-state index in [0.717, 1.165) is 51.9 Å². The minimum Gasteiger partial charge on any atom is -0.508 e. The molecule has 3 aliphatic rings. The molecule has 2 N–H and O–H groups in total. The minimum atomic E-state index is -0.717. The van der Waals surface area contributed by atoms with Gasteiger partial charge in [-0.1, -0.05) is 48.5 Å². The number of aryl methyl sites for hydroxylation is 1.